The Morgan fingerprint density at radius 3 is 2.92 bits per heavy atom. The first-order chi connectivity index (χ1) is 11.6. The zero-order chi connectivity index (χ0) is 16.9. The van der Waals surface area contributed by atoms with Crippen LogP contribution in [-0.4, -0.2) is 15.2 Å². The maximum Gasteiger partial charge on any atom is 0.285 e. The normalized spacial score (nSPS) is 10.4. The van der Waals surface area contributed by atoms with Gasteiger partial charge in [0.2, 0.25) is 0 Å². The number of hydrogen-bond donors (Lipinski definition) is 2. The van der Waals surface area contributed by atoms with E-state index >= 15 is 0 Å². The summed E-state index contributed by atoms with van der Waals surface area (Å²) >= 11 is 5.86. The van der Waals surface area contributed by atoms with Gasteiger partial charge in [0, 0.05) is 12.7 Å². The first kappa shape index (κ1) is 15.9. The molecule has 1 aromatic carbocycles. The van der Waals surface area contributed by atoms with Crippen molar-refractivity contribution in [2.24, 2.45) is 0 Å². The van der Waals surface area contributed by atoms with Crippen molar-refractivity contribution in [1.82, 2.24) is 15.2 Å². The highest BCUT2D eigenvalue weighted by Crippen LogP contribution is 2.25. The second kappa shape index (κ2) is 7.10. The van der Waals surface area contributed by atoms with Crippen molar-refractivity contribution < 1.29 is 9.13 Å². The molecule has 2 N–H and O–H groups in total. The van der Waals surface area contributed by atoms with E-state index in [-0.39, 0.29) is 17.3 Å². The average Bonchev–Trinajstić information content (AvgIpc) is 2.59. The van der Waals surface area contributed by atoms with Crippen LogP contribution >= 0.6 is 11.6 Å². The van der Waals surface area contributed by atoms with Gasteiger partial charge in [0.25, 0.3) is 5.56 Å². The zero-order valence-electron chi connectivity index (χ0n) is 12.3. The molecule has 24 heavy (non-hydrogen) atoms. The van der Waals surface area contributed by atoms with Crippen LogP contribution in [0.4, 0.5) is 10.1 Å². The van der Waals surface area contributed by atoms with Gasteiger partial charge in [-0.2, -0.15) is 5.10 Å². The number of halogens is 2. The summed E-state index contributed by atoms with van der Waals surface area (Å²) in [7, 11) is 0. The molecule has 6 nitrogen and oxygen atoms in total. The molecule has 0 saturated heterocycles. The number of rotatable bonds is 5. The number of nitrogens with one attached hydrogen (secondary N) is 2. The fraction of sp³-hybridized carbons (Fsp3) is 0.0625. The van der Waals surface area contributed by atoms with E-state index in [2.05, 4.69) is 20.5 Å². The molecule has 0 aliphatic carbocycles. The van der Waals surface area contributed by atoms with Gasteiger partial charge >= 0.3 is 0 Å². The first-order valence-corrected chi connectivity index (χ1v) is 7.34. The lowest BCUT2D eigenvalue weighted by Gasteiger charge is -2.10. The molecule has 0 bridgehead atoms. The maximum atomic E-state index is 14.1. The van der Waals surface area contributed by atoms with Gasteiger partial charge < -0.3 is 10.1 Å². The first-order valence-electron chi connectivity index (χ1n) is 6.97. The van der Waals surface area contributed by atoms with Crippen LogP contribution in [0.1, 0.15) is 5.56 Å². The van der Waals surface area contributed by atoms with Gasteiger partial charge in [0.1, 0.15) is 10.8 Å². The fourth-order valence-corrected chi connectivity index (χ4v) is 2.13. The molecule has 0 spiro atoms. The molecule has 122 valence electrons. The molecule has 3 rings (SSSR count). The summed E-state index contributed by atoms with van der Waals surface area (Å²) in [6.45, 7) is 0.273. The minimum atomic E-state index is -0.506. The predicted octanol–water partition coefficient (Wildman–Crippen LogP) is 3.36. The molecule has 0 radical (unpaired) electrons. The molecular formula is C16H12ClFN4O2. The molecule has 0 saturated carbocycles. The summed E-state index contributed by atoms with van der Waals surface area (Å²) < 4.78 is 19.6. The lowest BCUT2D eigenvalue weighted by molar-refractivity contribution is 0.440. The van der Waals surface area contributed by atoms with Crippen LogP contribution in [0.3, 0.4) is 0 Å². The third kappa shape index (κ3) is 3.69. The van der Waals surface area contributed by atoms with Gasteiger partial charge in [-0.1, -0.05) is 17.7 Å². The van der Waals surface area contributed by atoms with Crippen molar-refractivity contribution in [3.63, 3.8) is 0 Å². The van der Waals surface area contributed by atoms with Crippen LogP contribution in [0, 0.1) is 5.82 Å². The summed E-state index contributed by atoms with van der Waals surface area (Å²) in [5, 5.41) is 8.81. The highest BCUT2D eigenvalue weighted by Gasteiger charge is 2.08. The van der Waals surface area contributed by atoms with Gasteiger partial charge in [-0.25, -0.2) is 9.49 Å². The number of anilines is 1. The summed E-state index contributed by atoms with van der Waals surface area (Å²) in [4.78, 5) is 15.3. The Kier molecular flexibility index (Phi) is 4.72. The number of benzene rings is 1. The van der Waals surface area contributed by atoms with E-state index in [4.69, 9.17) is 16.3 Å². The number of aromatic nitrogens is 3. The van der Waals surface area contributed by atoms with Crippen LogP contribution in [0.15, 0.2) is 53.7 Å². The minimum Gasteiger partial charge on any atom is -0.453 e. The van der Waals surface area contributed by atoms with Crippen molar-refractivity contribution in [3.8, 4) is 11.5 Å². The standard InChI is InChI=1S/C16H12ClFN4O2/c17-15-13(9-21-22-16(15)23)20-7-10-3-4-14(12(18)6-10)24-11-2-1-5-19-8-11/h1-6,8-9H,7H2,(H2,20,22,23). The number of H-pyrrole nitrogens is 1. The predicted molar refractivity (Wildman–Crippen MR) is 87.9 cm³/mol. The number of pyridine rings is 1. The van der Waals surface area contributed by atoms with E-state index in [1.165, 1.54) is 24.5 Å². The second-order valence-corrected chi connectivity index (χ2v) is 5.21. The van der Waals surface area contributed by atoms with E-state index in [0.29, 0.717) is 17.0 Å². The quantitative estimate of drug-likeness (QED) is 0.740. The monoisotopic (exact) mass is 346 g/mol. The molecule has 0 unspecified atom stereocenters. The highest BCUT2D eigenvalue weighted by molar-refractivity contribution is 6.32. The van der Waals surface area contributed by atoms with Crippen LogP contribution in [0.2, 0.25) is 5.02 Å². The number of nitrogens with zero attached hydrogens (tertiary/aromatic N) is 2. The fourth-order valence-electron chi connectivity index (χ4n) is 1.98. The number of aromatic amines is 1. The molecule has 0 atom stereocenters. The Labute approximate surface area is 141 Å². The molecule has 0 aliphatic rings. The minimum absolute atomic E-state index is 0.00185. The molecule has 2 aromatic heterocycles. The van der Waals surface area contributed by atoms with Crippen molar-refractivity contribution >= 4 is 17.3 Å². The molecular weight excluding hydrogens is 335 g/mol. The van der Waals surface area contributed by atoms with Crippen molar-refractivity contribution in [2.75, 3.05) is 5.32 Å². The van der Waals surface area contributed by atoms with Gasteiger partial charge in [-0.3, -0.25) is 9.78 Å². The van der Waals surface area contributed by atoms with E-state index in [1.807, 2.05) is 0 Å². The van der Waals surface area contributed by atoms with Gasteiger partial charge in [-0.15, -0.1) is 0 Å². The lowest BCUT2D eigenvalue weighted by atomic mass is 10.2. The third-order valence-corrected chi connectivity index (χ3v) is 3.51. The highest BCUT2D eigenvalue weighted by atomic mass is 35.5. The number of ether oxygens (including phenoxy) is 1. The molecule has 0 amide bonds. The second-order valence-electron chi connectivity index (χ2n) is 4.84. The summed E-state index contributed by atoms with van der Waals surface area (Å²) in [5.74, 6) is 0.0412. The van der Waals surface area contributed by atoms with Gasteiger partial charge in [-0.05, 0) is 29.8 Å². The Morgan fingerprint density at radius 1 is 1.29 bits per heavy atom. The zero-order valence-corrected chi connectivity index (χ0v) is 13.0. The summed E-state index contributed by atoms with van der Waals surface area (Å²) in [6.07, 6.45) is 4.49. The largest absolute Gasteiger partial charge is 0.453 e. The summed E-state index contributed by atoms with van der Waals surface area (Å²) in [6, 6.07) is 7.95. The van der Waals surface area contributed by atoms with Crippen LogP contribution in [0.25, 0.3) is 0 Å². The molecule has 3 aromatic rings. The van der Waals surface area contributed by atoms with Crippen molar-refractivity contribution in [2.45, 2.75) is 6.54 Å². The average molecular weight is 347 g/mol. The maximum absolute atomic E-state index is 14.1. The van der Waals surface area contributed by atoms with E-state index < -0.39 is 11.4 Å². The molecule has 0 fully saturated rings. The Bertz CT molecular complexity index is 902. The third-order valence-electron chi connectivity index (χ3n) is 3.14. The number of hydrogen-bond acceptors (Lipinski definition) is 5. The Hall–Kier alpha value is -2.93. The SMILES string of the molecule is O=c1[nH]ncc(NCc2ccc(Oc3cccnc3)c(F)c2)c1Cl. The van der Waals surface area contributed by atoms with E-state index in [1.54, 1.807) is 24.4 Å². The van der Waals surface area contributed by atoms with Crippen LogP contribution in [0.5, 0.6) is 11.5 Å². The van der Waals surface area contributed by atoms with Gasteiger partial charge in [0.15, 0.2) is 11.6 Å². The van der Waals surface area contributed by atoms with Crippen molar-refractivity contribution in [3.05, 3.63) is 75.7 Å². The van der Waals surface area contributed by atoms with Gasteiger partial charge in [0.05, 0.1) is 18.1 Å². The van der Waals surface area contributed by atoms with Crippen LogP contribution < -0.4 is 15.6 Å². The Balaban J connectivity index is 1.70. The smallest absolute Gasteiger partial charge is 0.285 e. The lowest BCUT2D eigenvalue weighted by Crippen LogP contribution is -2.11. The molecule has 0 aliphatic heterocycles. The van der Waals surface area contributed by atoms with E-state index in [9.17, 15) is 9.18 Å². The molecule has 8 heteroatoms. The summed E-state index contributed by atoms with van der Waals surface area (Å²) in [5.41, 5.74) is 0.534. The van der Waals surface area contributed by atoms with Crippen molar-refractivity contribution in [1.29, 1.82) is 0 Å². The Morgan fingerprint density at radius 2 is 2.17 bits per heavy atom. The topological polar surface area (TPSA) is 79.9 Å². The molecule has 2 heterocycles. The van der Waals surface area contributed by atoms with Crippen LogP contribution in [-0.2, 0) is 6.54 Å². The van der Waals surface area contributed by atoms with E-state index in [0.717, 1.165) is 0 Å².